The van der Waals surface area contributed by atoms with Crippen LogP contribution in [0.4, 0.5) is 0 Å². The Balaban J connectivity index is 1.88. The highest BCUT2D eigenvalue weighted by molar-refractivity contribution is 8.00. The first-order valence-corrected chi connectivity index (χ1v) is 7.18. The smallest absolute Gasteiger partial charge is 0.323 e. The number of carboxylic acid groups (broad SMARTS) is 1. The molecule has 0 aromatic carbocycles. The summed E-state index contributed by atoms with van der Waals surface area (Å²) in [5, 5.41) is 13.6. The van der Waals surface area contributed by atoms with Gasteiger partial charge < -0.3 is 10.4 Å². The molecule has 0 aromatic heterocycles. The number of rotatable bonds is 4. The molecule has 2 aliphatic carbocycles. The Kier molecular flexibility index (Phi) is 3.80. The van der Waals surface area contributed by atoms with Crippen LogP contribution in [0.25, 0.3) is 0 Å². The molecule has 2 fully saturated rings. The summed E-state index contributed by atoms with van der Waals surface area (Å²) in [6.07, 6.45) is 8.01. The summed E-state index contributed by atoms with van der Waals surface area (Å²) in [4.78, 5) is 11.3. The summed E-state index contributed by atoms with van der Waals surface area (Å²) >= 11 is 2.05. The third-order valence-corrected chi connectivity index (χ3v) is 5.69. The van der Waals surface area contributed by atoms with E-state index in [2.05, 4.69) is 5.32 Å². The Hall–Kier alpha value is -0.220. The van der Waals surface area contributed by atoms with Gasteiger partial charge in [0, 0.05) is 10.5 Å². The van der Waals surface area contributed by atoms with Crippen molar-refractivity contribution in [2.75, 3.05) is 7.05 Å². The Bertz CT molecular complexity index is 266. The van der Waals surface area contributed by atoms with E-state index in [0.29, 0.717) is 5.25 Å². The van der Waals surface area contributed by atoms with E-state index in [1.54, 1.807) is 7.05 Å². The van der Waals surface area contributed by atoms with Crippen LogP contribution in [0.15, 0.2) is 0 Å². The van der Waals surface area contributed by atoms with Crippen LogP contribution in [0.5, 0.6) is 0 Å². The minimum Gasteiger partial charge on any atom is -0.480 e. The minimum absolute atomic E-state index is 0.548. The van der Waals surface area contributed by atoms with Crippen molar-refractivity contribution < 1.29 is 9.90 Å². The topological polar surface area (TPSA) is 49.3 Å². The molecule has 3 nitrogen and oxygen atoms in total. The molecule has 0 amide bonds. The number of hydrogen-bond acceptors (Lipinski definition) is 3. The van der Waals surface area contributed by atoms with Crippen LogP contribution in [0, 0.1) is 0 Å². The third kappa shape index (κ3) is 2.38. The van der Waals surface area contributed by atoms with Crippen LogP contribution in [-0.4, -0.2) is 34.2 Å². The summed E-state index contributed by atoms with van der Waals surface area (Å²) in [5.74, 6) is -0.676. The van der Waals surface area contributed by atoms with E-state index >= 15 is 0 Å². The van der Waals surface area contributed by atoms with Crippen molar-refractivity contribution in [3.8, 4) is 0 Å². The van der Waals surface area contributed by atoms with Crippen molar-refractivity contribution in [1.82, 2.24) is 5.32 Å². The SMILES string of the molecule is CNC1(C(=O)O)CCC(SC2CCCC2)C1. The van der Waals surface area contributed by atoms with E-state index in [0.717, 1.165) is 24.5 Å². The lowest BCUT2D eigenvalue weighted by Gasteiger charge is -2.24. The quantitative estimate of drug-likeness (QED) is 0.795. The van der Waals surface area contributed by atoms with Gasteiger partial charge in [0.05, 0.1) is 0 Å². The molecule has 2 N–H and O–H groups in total. The molecular weight excluding hydrogens is 222 g/mol. The molecule has 0 bridgehead atoms. The molecule has 16 heavy (non-hydrogen) atoms. The van der Waals surface area contributed by atoms with E-state index in [-0.39, 0.29) is 0 Å². The normalized spacial score (nSPS) is 35.7. The lowest BCUT2D eigenvalue weighted by atomic mass is 9.99. The van der Waals surface area contributed by atoms with Crippen LogP contribution in [0.1, 0.15) is 44.9 Å². The van der Waals surface area contributed by atoms with E-state index in [1.165, 1.54) is 25.7 Å². The van der Waals surface area contributed by atoms with Gasteiger partial charge in [-0.25, -0.2) is 0 Å². The second kappa shape index (κ2) is 4.96. The van der Waals surface area contributed by atoms with Gasteiger partial charge in [-0.3, -0.25) is 4.79 Å². The third-order valence-electron chi connectivity index (χ3n) is 4.04. The molecule has 2 atom stereocenters. The van der Waals surface area contributed by atoms with E-state index in [9.17, 15) is 9.90 Å². The van der Waals surface area contributed by atoms with E-state index in [1.807, 2.05) is 11.8 Å². The molecule has 0 saturated heterocycles. The van der Waals surface area contributed by atoms with Crippen LogP contribution in [-0.2, 0) is 4.79 Å². The second-order valence-corrected chi connectivity index (χ2v) is 6.65. The maximum Gasteiger partial charge on any atom is 0.323 e. The molecule has 0 radical (unpaired) electrons. The first-order chi connectivity index (χ1) is 7.66. The highest BCUT2D eigenvalue weighted by Crippen LogP contribution is 2.42. The Labute approximate surface area is 101 Å². The molecule has 2 unspecified atom stereocenters. The molecule has 4 heteroatoms. The van der Waals surface area contributed by atoms with Gasteiger partial charge in [0.1, 0.15) is 5.54 Å². The van der Waals surface area contributed by atoms with Crippen molar-refractivity contribution in [1.29, 1.82) is 0 Å². The largest absolute Gasteiger partial charge is 0.480 e. The number of likely N-dealkylation sites (N-methyl/N-ethyl adjacent to an activating group) is 1. The average molecular weight is 243 g/mol. The van der Waals surface area contributed by atoms with Crippen molar-refractivity contribution in [2.45, 2.75) is 61.0 Å². The number of nitrogens with one attached hydrogen (secondary N) is 1. The zero-order valence-electron chi connectivity index (χ0n) is 9.87. The van der Waals surface area contributed by atoms with Crippen LogP contribution >= 0.6 is 11.8 Å². The highest BCUT2D eigenvalue weighted by Gasteiger charge is 2.45. The molecule has 0 aromatic rings. The maximum absolute atomic E-state index is 11.3. The molecule has 2 aliphatic rings. The summed E-state index contributed by atoms with van der Waals surface area (Å²) < 4.78 is 0. The summed E-state index contributed by atoms with van der Waals surface area (Å²) in [5.41, 5.74) is -0.643. The minimum atomic E-state index is -0.676. The predicted molar refractivity (Wildman–Crippen MR) is 66.9 cm³/mol. The van der Waals surface area contributed by atoms with E-state index < -0.39 is 11.5 Å². The zero-order valence-corrected chi connectivity index (χ0v) is 10.7. The van der Waals surface area contributed by atoms with Gasteiger partial charge in [-0.2, -0.15) is 11.8 Å². The molecular formula is C12H21NO2S. The number of hydrogen-bond donors (Lipinski definition) is 2. The van der Waals surface area contributed by atoms with Gasteiger partial charge in [0.15, 0.2) is 0 Å². The Morgan fingerprint density at radius 2 is 2.00 bits per heavy atom. The Morgan fingerprint density at radius 3 is 2.50 bits per heavy atom. The van der Waals surface area contributed by atoms with Gasteiger partial charge in [-0.1, -0.05) is 12.8 Å². The summed E-state index contributed by atoms with van der Waals surface area (Å²) in [6, 6.07) is 0. The van der Waals surface area contributed by atoms with Crippen LogP contribution < -0.4 is 5.32 Å². The fraction of sp³-hybridized carbons (Fsp3) is 0.917. The lowest BCUT2D eigenvalue weighted by Crippen LogP contribution is -2.48. The molecule has 2 saturated carbocycles. The molecule has 0 aliphatic heterocycles. The maximum atomic E-state index is 11.3. The van der Waals surface area contributed by atoms with Crippen molar-refractivity contribution in [3.63, 3.8) is 0 Å². The van der Waals surface area contributed by atoms with Crippen molar-refractivity contribution in [2.24, 2.45) is 0 Å². The standard InChI is InChI=1S/C12H21NO2S/c1-13-12(11(14)15)7-6-10(8-12)16-9-4-2-3-5-9/h9-10,13H,2-8H2,1H3,(H,14,15). The zero-order chi connectivity index (χ0) is 11.6. The molecule has 2 rings (SSSR count). The summed E-state index contributed by atoms with van der Waals surface area (Å²) in [6.45, 7) is 0. The second-order valence-electron chi connectivity index (χ2n) is 5.04. The van der Waals surface area contributed by atoms with E-state index in [4.69, 9.17) is 0 Å². The van der Waals surface area contributed by atoms with Crippen molar-refractivity contribution in [3.05, 3.63) is 0 Å². The fourth-order valence-electron chi connectivity index (χ4n) is 2.94. The number of aliphatic carboxylic acids is 1. The number of carbonyl (C=O) groups is 1. The van der Waals surface area contributed by atoms with Crippen LogP contribution in [0.2, 0.25) is 0 Å². The molecule has 92 valence electrons. The van der Waals surface area contributed by atoms with Gasteiger partial charge in [0.25, 0.3) is 0 Å². The molecule has 0 spiro atoms. The molecule has 0 heterocycles. The van der Waals surface area contributed by atoms with Gasteiger partial charge in [-0.15, -0.1) is 0 Å². The highest BCUT2D eigenvalue weighted by atomic mass is 32.2. The monoisotopic (exact) mass is 243 g/mol. The first kappa shape index (κ1) is 12.2. The average Bonchev–Trinajstić information content (AvgIpc) is 2.88. The van der Waals surface area contributed by atoms with Gasteiger partial charge >= 0.3 is 5.97 Å². The Morgan fingerprint density at radius 1 is 1.31 bits per heavy atom. The first-order valence-electron chi connectivity index (χ1n) is 6.24. The predicted octanol–water partition coefficient (Wildman–Crippen LogP) is 2.26. The number of thioether (sulfide) groups is 1. The summed E-state index contributed by atoms with van der Waals surface area (Å²) in [7, 11) is 1.77. The fourth-order valence-corrected chi connectivity index (χ4v) is 4.73. The van der Waals surface area contributed by atoms with Gasteiger partial charge in [0.2, 0.25) is 0 Å². The van der Waals surface area contributed by atoms with Crippen LogP contribution in [0.3, 0.4) is 0 Å². The van der Waals surface area contributed by atoms with Crippen molar-refractivity contribution >= 4 is 17.7 Å². The number of carboxylic acids is 1. The van der Waals surface area contributed by atoms with Gasteiger partial charge in [-0.05, 0) is 39.2 Å². The lowest BCUT2D eigenvalue weighted by molar-refractivity contribution is -0.144.